The van der Waals surface area contributed by atoms with Crippen LogP contribution >= 0.6 is 11.8 Å². The topological polar surface area (TPSA) is 50.8 Å². The Morgan fingerprint density at radius 2 is 2.14 bits per heavy atom. The van der Waals surface area contributed by atoms with Crippen molar-refractivity contribution in [3.63, 3.8) is 0 Å². The third kappa shape index (κ3) is 5.57. The lowest BCUT2D eigenvalue weighted by Gasteiger charge is -2.26. The molecule has 1 aromatic carbocycles. The van der Waals surface area contributed by atoms with Crippen molar-refractivity contribution in [1.82, 2.24) is 4.90 Å². The van der Waals surface area contributed by atoms with Gasteiger partial charge in [-0.25, -0.2) is 4.79 Å². The van der Waals surface area contributed by atoms with Crippen LogP contribution in [0, 0.1) is 0 Å². The second kappa shape index (κ2) is 8.92. The van der Waals surface area contributed by atoms with E-state index in [1.54, 1.807) is 7.11 Å². The lowest BCUT2D eigenvalue weighted by Crippen LogP contribution is -2.40. The molecule has 1 aliphatic heterocycles. The van der Waals surface area contributed by atoms with Gasteiger partial charge in [0.2, 0.25) is 0 Å². The van der Waals surface area contributed by atoms with Gasteiger partial charge in [0.05, 0.1) is 19.8 Å². The molecule has 0 bridgehead atoms. The van der Waals surface area contributed by atoms with Crippen LogP contribution in [0.1, 0.15) is 5.56 Å². The van der Waals surface area contributed by atoms with Crippen LogP contribution < -0.4 is 5.32 Å². The number of urea groups is 1. The van der Waals surface area contributed by atoms with Crippen molar-refractivity contribution in [3.05, 3.63) is 29.8 Å². The second-order valence-corrected chi connectivity index (χ2v) is 6.00. The molecule has 1 aromatic rings. The quantitative estimate of drug-likeness (QED) is 0.820. The van der Waals surface area contributed by atoms with Crippen molar-refractivity contribution in [3.8, 4) is 0 Å². The molecule has 1 saturated heterocycles. The Bertz CT molecular complexity index is 450. The van der Waals surface area contributed by atoms with E-state index in [0.29, 0.717) is 19.8 Å². The minimum absolute atomic E-state index is 0.0206. The van der Waals surface area contributed by atoms with Crippen LogP contribution in [0.3, 0.4) is 0 Å². The fourth-order valence-corrected chi connectivity index (χ4v) is 2.94. The molecular formula is C15H22N2O3S. The van der Waals surface area contributed by atoms with Crippen molar-refractivity contribution < 1.29 is 14.3 Å². The predicted molar refractivity (Wildman–Crippen MR) is 85.9 cm³/mol. The van der Waals surface area contributed by atoms with Crippen LogP contribution in [-0.4, -0.2) is 55.8 Å². The van der Waals surface area contributed by atoms with Crippen LogP contribution in [0.4, 0.5) is 10.5 Å². The number of hydrogen-bond acceptors (Lipinski definition) is 4. The normalized spacial score (nSPS) is 15.0. The first-order chi connectivity index (χ1) is 10.3. The van der Waals surface area contributed by atoms with E-state index in [9.17, 15) is 4.79 Å². The van der Waals surface area contributed by atoms with Gasteiger partial charge < -0.3 is 19.7 Å². The van der Waals surface area contributed by atoms with Crippen molar-refractivity contribution >= 4 is 23.5 Å². The molecule has 0 spiro atoms. The number of methoxy groups -OCH3 is 1. The van der Waals surface area contributed by atoms with E-state index in [-0.39, 0.29) is 6.03 Å². The van der Waals surface area contributed by atoms with Crippen LogP contribution in [0.15, 0.2) is 24.3 Å². The van der Waals surface area contributed by atoms with Gasteiger partial charge in [0.15, 0.2) is 0 Å². The van der Waals surface area contributed by atoms with Crippen molar-refractivity contribution in [2.45, 2.75) is 6.61 Å². The highest BCUT2D eigenvalue weighted by atomic mass is 32.2. The Morgan fingerprint density at radius 3 is 2.90 bits per heavy atom. The zero-order valence-electron chi connectivity index (χ0n) is 12.3. The van der Waals surface area contributed by atoms with Gasteiger partial charge in [0.1, 0.15) is 0 Å². The zero-order chi connectivity index (χ0) is 14.9. The molecule has 21 heavy (non-hydrogen) atoms. The molecule has 116 valence electrons. The molecule has 1 heterocycles. The summed E-state index contributed by atoms with van der Waals surface area (Å²) in [5, 5.41) is 2.95. The summed E-state index contributed by atoms with van der Waals surface area (Å²) in [5.41, 5.74) is 1.85. The Kier molecular flexibility index (Phi) is 6.85. The number of anilines is 1. The van der Waals surface area contributed by atoms with Gasteiger partial charge >= 0.3 is 6.03 Å². The molecule has 0 saturated carbocycles. The zero-order valence-corrected chi connectivity index (χ0v) is 13.2. The average Bonchev–Trinajstić information content (AvgIpc) is 2.53. The first kappa shape index (κ1) is 16.1. The number of carbonyl (C=O) groups excluding carboxylic acids is 1. The summed E-state index contributed by atoms with van der Waals surface area (Å²) in [6, 6.07) is 7.74. The monoisotopic (exact) mass is 310 g/mol. The molecule has 5 nitrogen and oxygen atoms in total. The largest absolute Gasteiger partial charge is 0.382 e. The highest BCUT2D eigenvalue weighted by molar-refractivity contribution is 7.99. The van der Waals surface area contributed by atoms with Crippen molar-refractivity contribution in [1.29, 1.82) is 0 Å². The fourth-order valence-electron chi connectivity index (χ4n) is 2.04. The third-order valence-electron chi connectivity index (χ3n) is 3.18. The minimum atomic E-state index is -0.0206. The van der Waals surface area contributed by atoms with Gasteiger partial charge in [-0.05, 0) is 17.7 Å². The highest BCUT2D eigenvalue weighted by Gasteiger charge is 2.16. The van der Waals surface area contributed by atoms with Crippen LogP contribution in [0.25, 0.3) is 0 Å². The summed E-state index contributed by atoms with van der Waals surface area (Å²) in [6.07, 6.45) is 0. The van der Waals surface area contributed by atoms with Crippen LogP contribution in [0.2, 0.25) is 0 Å². The van der Waals surface area contributed by atoms with Crippen molar-refractivity contribution in [2.24, 2.45) is 0 Å². The number of ether oxygens (including phenoxy) is 2. The van der Waals surface area contributed by atoms with E-state index >= 15 is 0 Å². The number of amides is 2. The third-order valence-corrected chi connectivity index (χ3v) is 4.12. The maximum atomic E-state index is 12.1. The Hall–Kier alpha value is -1.24. The van der Waals surface area contributed by atoms with Gasteiger partial charge in [-0.1, -0.05) is 12.1 Å². The lowest BCUT2D eigenvalue weighted by molar-refractivity contribution is 0.0617. The molecule has 0 aliphatic carbocycles. The summed E-state index contributed by atoms with van der Waals surface area (Å²) >= 11 is 1.89. The van der Waals surface area contributed by atoms with E-state index < -0.39 is 0 Å². The highest BCUT2D eigenvalue weighted by Crippen LogP contribution is 2.14. The summed E-state index contributed by atoms with van der Waals surface area (Å²) < 4.78 is 10.4. The van der Waals surface area contributed by atoms with E-state index in [1.165, 1.54) is 0 Å². The van der Waals surface area contributed by atoms with Crippen LogP contribution in [-0.2, 0) is 16.1 Å². The Labute approximate surface area is 130 Å². The molecule has 0 aromatic heterocycles. The summed E-state index contributed by atoms with van der Waals surface area (Å²) in [5.74, 6) is 2.03. The summed E-state index contributed by atoms with van der Waals surface area (Å²) in [7, 11) is 1.65. The van der Waals surface area contributed by atoms with Gasteiger partial charge in [0, 0.05) is 37.4 Å². The number of benzene rings is 1. The van der Waals surface area contributed by atoms with E-state index in [0.717, 1.165) is 35.8 Å². The van der Waals surface area contributed by atoms with Gasteiger partial charge in [-0.3, -0.25) is 0 Å². The van der Waals surface area contributed by atoms with E-state index in [4.69, 9.17) is 9.47 Å². The minimum Gasteiger partial charge on any atom is -0.382 e. The number of rotatable bonds is 6. The van der Waals surface area contributed by atoms with Gasteiger partial charge in [-0.15, -0.1) is 0 Å². The fraction of sp³-hybridized carbons (Fsp3) is 0.533. The second-order valence-electron chi connectivity index (χ2n) is 4.78. The van der Waals surface area contributed by atoms with Crippen LogP contribution in [0.5, 0.6) is 0 Å². The van der Waals surface area contributed by atoms with Gasteiger partial charge in [-0.2, -0.15) is 11.8 Å². The van der Waals surface area contributed by atoms with E-state index in [1.807, 2.05) is 40.9 Å². The van der Waals surface area contributed by atoms with Gasteiger partial charge in [0.25, 0.3) is 0 Å². The molecular weight excluding hydrogens is 288 g/mol. The smallest absolute Gasteiger partial charge is 0.321 e. The first-order valence-corrected chi connectivity index (χ1v) is 8.24. The Balaban J connectivity index is 1.83. The molecule has 1 aliphatic rings. The number of nitrogens with one attached hydrogen (secondary N) is 1. The number of thioether (sulfide) groups is 1. The molecule has 1 fully saturated rings. The lowest BCUT2D eigenvalue weighted by atomic mass is 10.2. The molecule has 2 amide bonds. The predicted octanol–water partition coefficient (Wildman–Crippen LogP) is 2.43. The first-order valence-electron chi connectivity index (χ1n) is 7.09. The summed E-state index contributed by atoms with van der Waals surface area (Å²) in [4.78, 5) is 14.0. The molecule has 1 N–H and O–H groups in total. The maximum absolute atomic E-state index is 12.1. The maximum Gasteiger partial charge on any atom is 0.321 e. The SMILES string of the molecule is COCCOCc1cccc(NC(=O)N2CCSCC2)c1. The van der Waals surface area contributed by atoms with E-state index in [2.05, 4.69) is 5.32 Å². The number of carbonyl (C=O) groups is 1. The Morgan fingerprint density at radius 1 is 1.33 bits per heavy atom. The number of nitrogens with zero attached hydrogens (tertiary/aromatic N) is 1. The molecule has 2 rings (SSSR count). The summed E-state index contributed by atoms with van der Waals surface area (Å²) in [6.45, 7) is 3.31. The average molecular weight is 310 g/mol. The molecule has 0 radical (unpaired) electrons. The van der Waals surface area contributed by atoms with Crippen molar-refractivity contribution in [2.75, 3.05) is 50.2 Å². The number of hydrogen-bond donors (Lipinski definition) is 1. The molecule has 6 heteroatoms. The standard InChI is InChI=1S/C15H22N2O3S/c1-19-7-8-20-12-13-3-2-4-14(11-13)16-15(18)17-5-9-21-10-6-17/h2-4,11H,5-10,12H2,1H3,(H,16,18). The molecule has 0 unspecified atom stereocenters. The molecule has 0 atom stereocenters.